The molecule has 5 nitrogen and oxygen atoms in total. The Kier molecular flexibility index (Phi) is 5.10. The fourth-order valence-electron chi connectivity index (χ4n) is 1.46. The second kappa shape index (κ2) is 6.13. The van der Waals surface area contributed by atoms with E-state index in [1.165, 1.54) is 11.3 Å². The smallest absolute Gasteiger partial charge is 0.320 e. The SMILES string of the molecule is CCCC(NS(=O)(=O)CC(=O)O)c1cccs1. The first-order valence-electron chi connectivity index (χ1n) is 5.20. The summed E-state index contributed by atoms with van der Waals surface area (Å²) in [4.78, 5) is 11.3. The van der Waals surface area contributed by atoms with Gasteiger partial charge in [-0.1, -0.05) is 19.4 Å². The van der Waals surface area contributed by atoms with E-state index in [0.29, 0.717) is 6.42 Å². The van der Waals surface area contributed by atoms with Crippen molar-refractivity contribution in [2.75, 3.05) is 5.75 Å². The number of thiophene rings is 1. The van der Waals surface area contributed by atoms with Crippen molar-refractivity contribution in [3.63, 3.8) is 0 Å². The molecule has 1 rings (SSSR count). The Morgan fingerprint density at radius 3 is 2.76 bits per heavy atom. The number of carboxylic acid groups (broad SMARTS) is 1. The van der Waals surface area contributed by atoms with E-state index in [9.17, 15) is 13.2 Å². The van der Waals surface area contributed by atoms with Gasteiger partial charge in [0.05, 0.1) is 6.04 Å². The molecule has 0 spiro atoms. The molecule has 0 aliphatic rings. The molecule has 0 saturated heterocycles. The maximum atomic E-state index is 11.5. The van der Waals surface area contributed by atoms with Crippen LogP contribution in [0, 0.1) is 0 Å². The third-order valence-electron chi connectivity index (χ3n) is 2.10. The molecule has 0 fully saturated rings. The average Bonchev–Trinajstić information content (AvgIpc) is 2.66. The highest BCUT2D eigenvalue weighted by atomic mass is 32.2. The van der Waals surface area contributed by atoms with Gasteiger partial charge in [0.1, 0.15) is 0 Å². The molecule has 0 aromatic carbocycles. The summed E-state index contributed by atoms with van der Waals surface area (Å²) in [5, 5.41) is 10.4. The van der Waals surface area contributed by atoms with Gasteiger partial charge in [0.2, 0.25) is 10.0 Å². The van der Waals surface area contributed by atoms with Crippen LogP contribution in [-0.4, -0.2) is 25.2 Å². The van der Waals surface area contributed by atoms with Crippen molar-refractivity contribution in [2.45, 2.75) is 25.8 Å². The molecule has 0 aliphatic carbocycles. The summed E-state index contributed by atoms with van der Waals surface area (Å²) in [6.45, 7) is 1.95. The molecular formula is C10H15NO4S2. The van der Waals surface area contributed by atoms with Crippen LogP contribution in [0.3, 0.4) is 0 Å². The number of hydrogen-bond acceptors (Lipinski definition) is 4. The lowest BCUT2D eigenvalue weighted by Crippen LogP contribution is -2.33. The Morgan fingerprint density at radius 2 is 2.29 bits per heavy atom. The molecular weight excluding hydrogens is 262 g/mol. The minimum Gasteiger partial charge on any atom is -0.480 e. The number of carbonyl (C=O) groups is 1. The first kappa shape index (κ1) is 14.1. The topological polar surface area (TPSA) is 83.5 Å². The van der Waals surface area contributed by atoms with E-state index in [4.69, 9.17) is 5.11 Å². The van der Waals surface area contributed by atoms with E-state index in [-0.39, 0.29) is 6.04 Å². The minimum absolute atomic E-state index is 0.329. The van der Waals surface area contributed by atoms with Crippen LogP contribution < -0.4 is 4.72 Å². The predicted molar refractivity (Wildman–Crippen MR) is 66.5 cm³/mol. The van der Waals surface area contributed by atoms with Crippen LogP contribution in [0.2, 0.25) is 0 Å². The van der Waals surface area contributed by atoms with Crippen LogP contribution in [0.25, 0.3) is 0 Å². The molecule has 0 amide bonds. The molecule has 0 radical (unpaired) electrons. The molecule has 1 aromatic rings. The van der Waals surface area contributed by atoms with Crippen molar-refractivity contribution in [1.82, 2.24) is 4.72 Å². The lowest BCUT2D eigenvalue weighted by molar-refractivity contribution is -0.134. The number of sulfonamides is 1. The van der Waals surface area contributed by atoms with Gasteiger partial charge in [-0.3, -0.25) is 4.79 Å². The molecule has 17 heavy (non-hydrogen) atoms. The molecule has 1 unspecified atom stereocenters. The van der Waals surface area contributed by atoms with Gasteiger partial charge in [-0.15, -0.1) is 11.3 Å². The second-order valence-corrected chi connectivity index (χ2v) is 6.36. The Hall–Kier alpha value is -0.920. The zero-order valence-electron chi connectivity index (χ0n) is 9.42. The zero-order valence-corrected chi connectivity index (χ0v) is 11.1. The summed E-state index contributed by atoms with van der Waals surface area (Å²) >= 11 is 1.46. The quantitative estimate of drug-likeness (QED) is 0.793. The van der Waals surface area contributed by atoms with Gasteiger partial charge < -0.3 is 5.11 Å². The van der Waals surface area contributed by atoms with Crippen LogP contribution in [0.4, 0.5) is 0 Å². The van der Waals surface area contributed by atoms with Crippen LogP contribution in [0.5, 0.6) is 0 Å². The van der Waals surface area contributed by atoms with Crippen molar-refractivity contribution in [3.05, 3.63) is 22.4 Å². The predicted octanol–water partition coefficient (Wildman–Crippen LogP) is 1.59. The summed E-state index contributed by atoms with van der Waals surface area (Å²) in [5.74, 6) is -2.24. The van der Waals surface area contributed by atoms with E-state index in [1.54, 1.807) is 0 Å². The summed E-state index contributed by atoms with van der Waals surface area (Å²) < 4.78 is 25.5. The third kappa shape index (κ3) is 4.84. The van der Waals surface area contributed by atoms with Gasteiger partial charge in [0.25, 0.3) is 0 Å². The van der Waals surface area contributed by atoms with Crippen LogP contribution >= 0.6 is 11.3 Å². The van der Waals surface area contributed by atoms with E-state index in [1.807, 2.05) is 24.4 Å². The fourth-order valence-corrected chi connectivity index (χ4v) is 3.43. The molecule has 7 heteroatoms. The molecule has 2 N–H and O–H groups in total. The largest absolute Gasteiger partial charge is 0.480 e. The van der Waals surface area contributed by atoms with Crippen LogP contribution in [0.15, 0.2) is 17.5 Å². The number of aliphatic carboxylic acids is 1. The average molecular weight is 277 g/mol. The summed E-state index contributed by atoms with van der Waals surface area (Å²) in [6.07, 6.45) is 1.47. The van der Waals surface area contributed by atoms with Crippen molar-refractivity contribution < 1.29 is 18.3 Å². The van der Waals surface area contributed by atoms with E-state index in [2.05, 4.69) is 4.72 Å². The normalized spacial score (nSPS) is 13.5. The zero-order chi connectivity index (χ0) is 12.9. The van der Waals surface area contributed by atoms with Crippen LogP contribution in [0.1, 0.15) is 30.7 Å². The third-order valence-corrected chi connectivity index (χ3v) is 4.36. The van der Waals surface area contributed by atoms with Crippen molar-refractivity contribution in [1.29, 1.82) is 0 Å². The lowest BCUT2D eigenvalue weighted by Gasteiger charge is -2.15. The summed E-state index contributed by atoms with van der Waals surface area (Å²) in [5.41, 5.74) is 0. The Bertz CT molecular complexity index is 453. The molecule has 96 valence electrons. The number of nitrogens with one attached hydrogen (secondary N) is 1. The van der Waals surface area contributed by atoms with E-state index >= 15 is 0 Å². The maximum absolute atomic E-state index is 11.5. The number of carboxylic acids is 1. The first-order valence-corrected chi connectivity index (χ1v) is 7.73. The highest BCUT2D eigenvalue weighted by Crippen LogP contribution is 2.23. The molecule has 1 atom stereocenters. The van der Waals surface area contributed by atoms with Gasteiger partial charge in [-0.25, -0.2) is 13.1 Å². The molecule has 1 heterocycles. The van der Waals surface area contributed by atoms with Crippen molar-refractivity contribution in [2.24, 2.45) is 0 Å². The van der Waals surface area contributed by atoms with Crippen LogP contribution in [-0.2, 0) is 14.8 Å². The molecule has 0 aliphatic heterocycles. The number of hydrogen-bond donors (Lipinski definition) is 2. The fraction of sp³-hybridized carbons (Fsp3) is 0.500. The minimum atomic E-state index is -3.77. The Morgan fingerprint density at radius 1 is 1.59 bits per heavy atom. The molecule has 1 aromatic heterocycles. The standard InChI is InChI=1S/C10H15NO4S2/c1-2-4-8(9-5-3-6-16-9)11-17(14,15)7-10(12)13/h3,5-6,8,11H,2,4,7H2,1H3,(H,12,13). The Balaban J connectivity index is 2.77. The lowest BCUT2D eigenvalue weighted by atomic mass is 10.1. The number of rotatable bonds is 7. The summed E-state index contributed by atoms with van der Waals surface area (Å²) in [7, 11) is -3.77. The van der Waals surface area contributed by atoms with Gasteiger partial charge in [0, 0.05) is 4.88 Å². The molecule has 0 bridgehead atoms. The highest BCUT2D eigenvalue weighted by Gasteiger charge is 2.22. The summed E-state index contributed by atoms with van der Waals surface area (Å²) in [6, 6.07) is 3.35. The van der Waals surface area contributed by atoms with E-state index in [0.717, 1.165) is 11.3 Å². The second-order valence-electron chi connectivity index (χ2n) is 3.63. The first-order chi connectivity index (χ1) is 7.94. The van der Waals surface area contributed by atoms with Crippen molar-refractivity contribution >= 4 is 27.3 Å². The van der Waals surface area contributed by atoms with Gasteiger partial charge in [0.15, 0.2) is 5.75 Å². The van der Waals surface area contributed by atoms with E-state index < -0.39 is 21.7 Å². The van der Waals surface area contributed by atoms with Gasteiger partial charge >= 0.3 is 5.97 Å². The Labute approximate surface area is 105 Å². The highest BCUT2D eigenvalue weighted by molar-refractivity contribution is 7.90. The molecule has 0 saturated carbocycles. The maximum Gasteiger partial charge on any atom is 0.320 e. The monoisotopic (exact) mass is 277 g/mol. The van der Waals surface area contributed by atoms with Gasteiger partial charge in [-0.05, 0) is 17.9 Å². The van der Waals surface area contributed by atoms with Crippen molar-refractivity contribution in [3.8, 4) is 0 Å². The van der Waals surface area contributed by atoms with Gasteiger partial charge in [-0.2, -0.15) is 0 Å².